The van der Waals surface area contributed by atoms with Crippen LogP contribution in [0, 0.1) is 11.6 Å². The maximum Gasteiger partial charge on any atom is 0.142 e. The highest BCUT2D eigenvalue weighted by atomic mass is 35.5. The molecule has 0 spiro atoms. The van der Waals surface area contributed by atoms with Crippen molar-refractivity contribution in [1.29, 1.82) is 0 Å². The van der Waals surface area contributed by atoms with E-state index in [4.69, 9.17) is 11.6 Å². The average Bonchev–Trinajstić information content (AvgIpc) is 2.16. The van der Waals surface area contributed by atoms with E-state index in [2.05, 4.69) is 0 Å². The van der Waals surface area contributed by atoms with E-state index in [1.807, 2.05) is 13.8 Å². The lowest BCUT2D eigenvalue weighted by Crippen LogP contribution is -1.91. The van der Waals surface area contributed by atoms with Gasteiger partial charge in [0.2, 0.25) is 0 Å². The van der Waals surface area contributed by atoms with E-state index >= 15 is 0 Å². The normalized spacial score (nSPS) is 9.08. The first-order valence-electron chi connectivity index (χ1n) is 4.29. The van der Waals surface area contributed by atoms with Gasteiger partial charge in [-0.05, 0) is 18.6 Å². The minimum Gasteiger partial charge on any atom is -0.207 e. The molecule has 0 saturated carbocycles. The molecule has 0 aliphatic rings. The second kappa shape index (κ2) is 5.92. The third-order valence-electron chi connectivity index (χ3n) is 1.49. The molecule has 0 bridgehead atoms. The van der Waals surface area contributed by atoms with Crippen molar-refractivity contribution in [3.8, 4) is 0 Å². The Bertz CT molecular complexity index is 272. The van der Waals surface area contributed by atoms with Crippen molar-refractivity contribution in [1.82, 2.24) is 0 Å². The average molecular weight is 207 g/mol. The summed E-state index contributed by atoms with van der Waals surface area (Å²) in [5, 5.41) is -0.104. The molecule has 3 heteroatoms. The van der Waals surface area contributed by atoms with Crippen molar-refractivity contribution >= 4 is 11.6 Å². The zero-order valence-corrected chi connectivity index (χ0v) is 8.75. The second-order valence-corrected chi connectivity index (χ2v) is 2.55. The van der Waals surface area contributed by atoms with Gasteiger partial charge in [-0.1, -0.05) is 32.4 Å². The van der Waals surface area contributed by atoms with Gasteiger partial charge in [0.05, 0.1) is 5.02 Å². The van der Waals surface area contributed by atoms with Crippen molar-refractivity contribution in [3.63, 3.8) is 0 Å². The van der Waals surface area contributed by atoms with Gasteiger partial charge in [0.1, 0.15) is 11.6 Å². The van der Waals surface area contributed by atoms with Gasteiger partial charge in [0.25, 0.3) is 0 Å². The first kappa shape index (κ1) is 12.4. The molecule has 0 aliphatic heterocycles. The molecule has 0 atom stereocenters. The van der Waals surface area contributed by atoms with E-state index in [9.17, 15) is 8.78 Å². The number of hydrogen-bond donors (Lipinski definition) is 0. The van der Waals surface area contributed by atoms with Gasteiger partial charge < -0.3 is 0 Å². The SMILES string of the molecule is CC.CCc1c(F)ccc(F)c1Cl. The monoisotopic (exact) mass is 206 g/mol. The Morgan fingerprint density at radius 3 is 2.00 bits per heavy atom. The Kier molecular flexibility index (Phi) is 5.63. The largest absolute Gasteiger partial charge is 0.207 e. The summed E-state index contributed by atoms with van der Waals surface area (Å²) in [7, 11) is 0. The maximum atomic E-state index is 12.8. The van der Waals surface area contributed by atoms with Gasteiger partial charge in [-0.3, -0.25) is 0 Å². The predicted octanol–water partition coefficient (Wildman–Crippen LogP) is 4.21. The van der Waals surface area contributed by atoms with Crippen LogP contribution in [-0.2, 0) is 6.42 Å². The molecular weight excluding hydrogens is 194 g/mol. The molecule has 0 radical (unpaired) electrons. The van der Waals surface area contributed by atoms with Gasteiger partial charge >= 0.3 is 0 Å². The Labute approximate surface area is 82.5 Å². The molecule has 0 fully saturated rings. The van der Waals surface area contributed by atoms with Gasteiger partial charge in [-0.15, -0.1) is 0 Å². The molecule has 0 nitrogen and oxygen atoms in total. The number of hydrogen-bond acceptors (Lipinski definition) is 0. The summed E-state index contributed by atoms with van der Waals surface area (Å²) in [6.07, 6.45) is 0.405. The minimum absolute atomic E-state index is 0.104. The van der Waals surface area contributed by atoms with E-state index in [1.54, 1.807) is 6.92 Å². The Morgan fingerprint density at radius 1 is 1.15 bits per heavy atom. The molecule has 0 aromatic heterocycles. The van der Waals surface area contributed by atoms with E-state index in [-0.39, 0.29) is 10.6 Å². The summed E-state index contributed by atoms with van der Waals surface area (Å²) in [6, 6.07) is 2.11. The molecule has 0 aliphatic carbocycles. The first-order valence-corrected chi connectivity index (χ1v) is 4.67. The second-order valence-electron chi connectivity index (χ2n) is 2.18. The number of halogens is 3. The van der Waals surface area contributed by atoms with Crippen LogP contribution in [0.5, 0.6) is 0 Å². The van der Waals surface area contributed by atoms with Crippen molar-refractivity contribution < 1.29 is 8.78 Å². The van der Waals surface area contributed by atoms with Crippen molar-refractivity contribution in [2.45, 2.75) is 27.2 Å². The van der Waals surface area contributed by atoms with Crippen LogP contribution < -0.4 is 0 Å². The van der Waals surface area contributed by atoms with Crippen molar-refractivity contribution in [2.75, 3.05) is 0 Å². The zero-order valence-electron chi connectivity index (χ0n) is 8.00. The maximum absolute atomic E-state index is 12.8. The van der Waals surface area contributed by atoms with Gasteiger partial charge in [-0.2, -0.15) is 0 Å². The minimum atomic E-state index is -0.565. The van der Waals surface area contributed by atoms with Crippen LogP contribution in [0.2, 0.25) is 5.02 Å². The quantitative estimate of drug-likeness (QED) is 0.604. The fourth-order valence-electron chi connectivity index (χ4n) is 0.893. The highest BCUT2D eigenvalue weighted by Crippen LogP contribution is 2.22. The third-order valence-corrected chi connectivity index (χ3v) is 1.90. The predicted molar refractivity (Wildman–Crippen MR) is 52.1 cm³/mol. The smallest absolute Gasteiger partial charge is 0.142 e. The van der Waals surface area contributed by atoms with E-state index < -0.39 is 11.6 Å². The fraction of sp³-hybridized carbons (Fsp3) is 0.400. The number of rotatable bonds is 1. The first-order chi connectivity index (χ1) is 6.16. The third kappa shape index (κ3) is 2.96. The Morgan fingerprint density at radius 2 is 1.62 bits per heavy atom. The molecule has 0 saturated heterocycles. The van der Waals surface area contributed by atoms with Crippen LogP contribution >= 0.6 is 11.6 Å². The van der Waals surface area contributed by atoms with Gasteiger partial charge in [-0.25, -0.2) is 8.78 Å². The van der Waals surface area contributed by atoms with Crippen LogP contribution in [-0.4, -0.2) is 0 Å². The highest BCUT2D eigenvalue weighted by Gasteiger charge is 2.08. The van der Waals surface area contributed by atoms with E-state index in [0.717, 1.165) is 12.1 Å². The summed E-state index contributed by atoms with van der Waals surface area (Å²) in [6.45, 7) is 5.73. The number of benzene rings is 1. The van der Waals surface area contributed by atoms with E-state index in [0.29, 0.717) is 6.42 Å². The zero-order chi connectivity index (χ0) is 10.4. The van der Waals surface area contributed by atoms with Crippen molar-refractivity contribution in [2.24, 2.45) is 0 Å². The van der Waals surface area contributed by atoms with Crippen LogP contribution in [0.25, 0.3) is 0 Å². The Hall–Kier alpha value is -0.630. The summed E-state index contributed by atoms with van der Waals surface area (Å²) in [5.41, 5.74) is 0.242. The summed E-state index contributed by atoms with van der Waals surface area (Å²) < 4.78 is 25.4. The lowest BCUT2D eigenvalue weighted by atomic mass is 10.1. The molecule has 74 valence electrons. The Balaban J connectivity index is 0.000000671. The molecule has 13 heavy (non-hydrogen) atoms. The summed E-state index contributed by atoms with van der Waals surface area (Å²) in [5.74, 6) is -1.01. The topological polar surface area (TPSA) is 0 Å². The van der Waals surface area contributed by atoms with Gasteiger partial charge in [0.15, 0.2) is 0 Å². The van der Waals surface area contributed by atoms with Crippen molar-refractivity contribution in [3.05, 3.63) is 34.4 Å². The lowest BCUT2D eigenvalue weighted by Gasteiger charge is -2.02. The fourth-order valence-corrected chi connectivity index (χ4v) is 1.18. The van der Waals surface area contributed by atoms with Crippen LogP contribution in [0.4, 0.5) is 8.78 Å². The molecular formula is C10H13ClF2. The molecule has 0 amide bonds. The van der Waals surface area contributed by atoms with Crippen LogP contribution in [0.3, 0.4) is 0 Å². The standard InChI is InChI=1S/C8H7ClF2.C2H6/c1-2-5-6(10)3-4-7(11)8(5)9;1-2/h3-4H,2H2,1H3;1-2H3. The summed E-state index contributed by atoms with van der Waals surface area (Å²) >= 11 is 5.48. The van der Waals surface area contributed by atoms with Crippen LogP contribution in [0.15, 0.2) is 12.1 Å². The molecule has 0 unspecified atom stereocenters. The van der Waals surface area contributed by atoms with Crippen LogP contribution in [0.1, 0.15) is 26.3 Å². The van der Waals surface area contributed by atoms with Gasteiger partial charge in [0, 0.05) is 5.56 Å². The molecule has 0 N–H and O–H groups in total. The molecule has 1 aromatic rings. The lowest BCUT2D eigenvalue weighted by molar-refractivity contribution is 0.587. The molecule has 1 rings (SSSR count). The molecule has 0 heterocycles. The molecule has 1 aromatic carbocycles. The summed E-state index contributed by atoms with van der Waals surface area (Å²) in [4.78, 5) is 0. The highest BCUT2D eigenvalue weighted by molar-refractivity contribution is 6.31. The van der Waals surface area contributed by atoms with E-state index in [1.165, 1.54) is 0 Å².